The molecule has 19 heavy (non-hydrogen) atoms. The largest absolute Gasteiger partial charge is 0.508 e. The summed E-state index contributed by atoms with van der Waals surface area (Å²) >= 11 is 0. The van der Waals surface area contributed by atoms with E-state index in [1.54, 1.807) is 29.2 Å². The molecule has 96 valence electrons. The average Bonchev–Trinajstić information content (AvgIpc) is 2.40. The molecule has 0 saturated carbocycles. The van der Waals surface area contributed by atoms with Crippen molar-refractivity contribution in [3.8, 4) is 5.75 Å². The molecular weight excluding hydrogens is 245 g/mol. The van der Waals surface area contributed by atoms with Gasteiger partial charge in [0.2, 0.25) is 0 Å². The number of nitrogens with zero attached hydrogens (tertiary/aromatic N) is 1. The molecular formula is C15H12FNO2. The monoisotopic (exact) mass is 257 g/mol. The molecule has 4 heteroatoms. The molecule has 1 aliphatic heterocycles. The molecule has 2 aromatic carbocycles. The van der Waals surface area contributed by atoms with Crippen molar-refractivity contribution in [2.75, 3.05) is 11.4 Å². The molecule has 0 saturated heterocycles. The van der Waals surface area contributed by atoms with Gasteiger partial charge in [0.15, 0.2) is 0 Å². The minimum atomic E-state index is -0.321. The highest BCUT2D eigenvalue weighted by atomic mass is 19.1. The number of benzene rings is 2. The maximum Gasteiger partial charge on any atom is 0.258 e. The number of fused-ring (bicyclic) bond motifs is 1. The number of hydrogen-bond acceptors (Lipinski definition) is 2. The molecule has 0 atom stereocenters. The van der Waals surface area contributed by atoms with E-state index in [2.05, 4.69) is 0 Å². The van der Waals surface area contributed by atoms with Crippen LogP contribution in [0.1, 0.15) is 15.9 Å². The van der Waals surface area contributed by atoms with E-state index in [1.165, 1.54) is 18.2 Å². The van der Waals surface area contributed by atoms with Crippen molar-refractivity contribution in [3.63, 3.8) is 0 Å². The van der Waals surface area contributed by atoms with E-state index in [9.17, 15) is 14.3 Å². The predicted molar refractivity (Wildman–Crippen MR) is 69.9 cm³/mol. The summed E-state index contributed by atoms with van der Waals surface area (Å²) in [6, 6.07) is 10.6. The Morgan fingerprint density at radius 2 is 1.84 bits per heavy atom. The van der Waals surface area contributed by atoms with Crippen LogP contribution < -0.4 is 4.90 Å². The summed E-state index contributed by atoms with van der Waals surface area (Å²) < 4.78 is 12.9. The van der Waals surface area contributed by atoms with Gasteiger partial charge in [0.05, 0.1) is 0 Å². The molecule has 1 heterocycles. The maximum absolute atomic E-state index is 12.9. The van der Waals surface area contributed by atoms with Gasteiger partial charge in [0.25, 0.3) is 5.91 Å². The number of halogens is 1. The van der Waals surface area contributed by atoms with Crippen LogP contribution in [0.25, 0.3) is 0 Å². The first kappa shape index (κ1) is 11.7. The number of carbonyl (C=O) groups is 1. The van der Waals surface area contributed by atoms with Crippen molar-refractivity contribution in [3.05, 3.63) is 59.4 Å². The number of carbonyl (C=O) groups excluding carboxylic acids is 1. The Kier molecular flexibility index (Phi) is 2.71. The van der Waals surface area contributed by atoms with Gasteiger partial charge in [-0.3, -0.25) is 4.79 Å². The predicted octanol–water partition coefficient (Wildman–Crippen LogP) is 2.73. The highest BCUT2D eigenvalue weighted by Gasteiger charge is 2.25. The minimum absolute atomic E-state index is 0.118. The standard InChI is InChI=1S/C15H12FNO2/c16-11-1-3-12(4-2-11)17-8-7-10-9-13(18)5-6-14(10)15(17)19/h1-6,9,18H,7-8H2. The Morgan fingerprint density at radius 3 is 2.58 bits per heavy atom. The number of hydrogen-bond donors (Lipinski definition) is 1. The molecule has 0 fully saturated rings. The van der Waals surface area contributed by atoms with E-state index in [0.29, 0.717) is 24.2 Å². The average molecular weight is 257 g/mol. The topological polar surface area (TPSA) is 40.5 Å². The van der Waals surface area contributed by atoms with Crippen LogP contribution in [-0.2, 0) is 6.42 Å². The third kappa shape index (κ3) is 2.05. The lowest BCUT2D eigenvalue weighted by atomic mass is 9.98. The van der Waals surface area contributed by atoms with E-state index < -0.39 is 0 Å². The lowest BCUT2D eigenvalue weighted by molar-refractivity contribution is 0.0980. The smallest absolute Gasteiger partial charge is 0.258 e. The zero-order chi connectivity index (χ0) is 13.4. The molecule has 0 spiro atoms. The van der Waals surface area contributed by atoms with E-state index in [1.807, 2.05) is 0 Å². The van der Waals surface area contributed by atoms with E-state index in [0.717, 1.165) is 5.56 Å². The Bertz CT molecular complexity index is 637. The maximum atomic E-state index is 12.9. The summed E-state index contributed by atoms with van der Waals surface area (Å²) in [5.74, 6) is -0.270. The fraction of sp³-hybridized carbons (Fsp3) is 0.133. The molecule has 2 aromatic rings. The lowest BCUT2D eigenvalue weighted by Crippen LogP contribution is -2.37. The molecule has 1 amide bonds. The van der Waals surface area contributed by atoms with Gasteiger partial charge in [-0.05, 0) is 54.4 Å². The molecule has 1 aliphatic rings. The van der Waals surface area contributed by atoms with Gasteiger partial charge < -0.3 is 10.0 Å². The molecule has 0 aliphatic carbocycles. The Hall–Kier alpha value is -2.36. The van der Waals surface area contributed by atoms with Crippen molar-refractivity contribution in [2.24, 2.45) is 0 Å². The van der Waals surface area contributed by atoms with Crippen LogP contribution in [0.4, 0.5) is 10.1 Å². The number of rotatable bonds is 1. The summed E-state index contributed by atoms with van der Waals surface area (Å²) in [5, 5.41) is 9.42. The van der Waals surface area contributed by atoms with Crippen molar-refractivity contribution >= 4 is 11.6 Å². The number of phenols is 1. The van der Waals surface area contributed by atoms with Crippen LogP contribution in [0.5, 0.6) is 5.75 Å². The van der Waals surface area contributed by atoms with E-state index in [4.69, 9.17) is 0 Å². The van der Waals surface area contributed by atoms with Gasteiger partial charge in [0, 0.05) is 17.8 Å². The SMILES string of the molecule is O=C1c2ccc(O)cc2CCN1c1ccc(F)cc1. The van der Waals surface area contributed by atoms with Gasteiger partial charge >= 0.3 is 0 Å². The van der Waals surface area contributed by atoms with Crippen LogP contribution in [0.2, 0.25) is 0 Å². The van der Waals surface area contributed by atoms with Gasteiger partial charge in [-0.1, -0.05) is 0 Å². The van der Waals surface area contributed by atoms with Crippen LogP contribution in [0.3, 0.4) is 0 Å². The molecule has 0 aromatic heterocycles. The quantitative estimate of drug-likeness (QED) is 0.853. The highest BCUT2D eigenvalue weighted by Crippen LogP contribution is 2.26. The van der Waals surface area contributed by atoms with Crippen LogP contribution in [-0.4, -0.2) is 17.6 Å². The molecule has 1 N–H and O–H groups in total. The van der Waals surface area contributed by atoms with Gasteiger partial charge in [-0.25, -0.2) is 4.39 Å². The number of phenolic OH excluding ortho intramolecular Hbond substituents is 1. The third-order valence-corrected chi connectivity index (χ3v) is 3.31. The number of amides is 1. The summed E-state index contributed by atoms with van der Waals surface area (Å²) in [4.78, 5) is 14.0. The second-order valence-electron chi connectivity index (χ2n) is 4.52. The first-order valence-electron chi connectivity index (χ1n) is 6.04. The van der Waals surface area contributed by atoms with Crippen molar-refractivity contribution in [1.29, 1.82) is 0 Å². The zero-order valence-corrected chi connectivity index (χ0v) is 10.1. The molecule has 3 rings (SSSR count). The first-order valence-corrected chi connectivity index (χ1v) is 6.04. The van der Waals surface area contributed by atoms with E-state index in [-0.39, 0.29) is 17.5 Å². The summed E-state index contributed by atoms with van der Waals surface area (Å²) in [6.07, 6.45) is 0.673. The summed E-state index contributed by atoms with van der Waals surface area (Å²) in [6.45, 7) is 0.529. The molecule has 0 bridgehead atoms. The fourth-order valence-electron chi connectivity index (χ4n) is 2.34. The Labute approximate surface area is 109 Å². The van der Waals surface area contributed by atoms with Crippen molar-refractivity contribution < 1.29 is 14.3 Å². The number of aromatic hydroxyl groups is 1. The molecule has 0 radical (unpaired) electrons. The molecule has 0 unspecified atom stereocenters. The van der Waals surface area contributed by atoms with Crippen molar-refractivity contribution in [2.45, 2.75) is 6.42 Å². The van der Waals surface area contributed by atoms with Crippen LogP contribution >= 0.6 is 0 Å². The second kappa shape index (κ2) is 4.39. The minimum Gasteiger partial charge on any atom is -0.508 e. The highest BCUT2D eigenvalue weighted by molar-refractivity contribution is 6.08. The fourth-order valence-corrected chi connectivity index (χ4v) is 2.34. The van der Waals surface area contributed by atoms with E-state index >= 15 is 0 Å². The molecule has 3 nitrogen and oxygen atoms in total. The zero-order valence-electron chi connectivity index (χ0n) is 10.1. The Morgan fingerprint density at radius 1 is 1.11 bits per heavy atom. The Balaban J connectivity index is 1.97. The summed E-state index contributed by atoms with van der Waals surface area (Å²) in [5.41, 5.74) is 2.13. The van der Waals surface area contributed by atoms with Crippen LogP contribution in [0, 0.1) is 5.82 Å². The lowest BCUT2D eigenvalue weighted by Gasteiger charge is -2.28. The van der Waals surface area contributed by atoms with Gasteiger partial charge in [0.1, 0.15) is 11.6 Å². The third-order valence-electron chi connectivity index (χ3n) is 3.31. The van der Waals surface area contributed by atoms with Gasteiger partial charge in [-0.2, -0.15) is 0 Å². The first-order chi connectivity index (χ1) is 9.15. The van der Waals surface area contributed by atoms with Gasteiger partial charge in [-0.15, -0.1) is 0 Å². The van der Waals surface area contributed by atoms with Crippen LogP contribution in [0.15, 0.2) is 42.5 Å². The second-order valence-corrected chi connectivity index (χ2v) is 4.52. The number of anilines is 1. The summed E-state index contributed by atoms with van der Waals surface area (Å²) in [7, 11) is 0. The normalized spacial score (nSPS) is 14.4. The van der Waals surface area contributed by atoms with Crippen molar-refractivity contribution in [1.82, 2.24) is 0 Å².